The Bertz CT molecular complexity index is 1110. The Morgan fingerprint density at radius 1 is 1.00 bits per heavy atom. The molecule has 0 saturated heterocycles. The Morgan fingerprint density at radius 2 is 1.73 bits per heavy atom. The molecule has 0 amide bonds. The number of hydrogen-bond donors (Lipinski definition) is 1. The summed E-state index contributed by atoms with van der Waals surface area (Å²) >= 11 is 0. The Balaban J connectivity index is 1.69. The average molecular weight is 439 g/mol. The van der Waals surface area contributed by atoms with Crippen LogP contribution in [0.3, 0.4) is 0 Å². The van der Waals surface area contributed by atoms with Crippen molar-refractivity contribution in [1.82, 2.24) is 0 Å². The summed E-state index contributed by atoms with van der Waals surface area (Å²) in [5.41, 5.74) is 7.24. The van der Waals surface area contributed by atoms with Crippen LogP contribution in [0.1, 0.15) is 56.0 Å². The van der Waals surface area contributed by atoms with Crippen molar-refractivity contribution < 1.29 is 4.74 Å². The summed E-state index contributed by atoms with van der Waals surface area (Å²) in [7, 11) is 3.59. The highest BCUT2D eigenvalue weighted by molar-refractivity contribution is 7.68. The number of unbranched alkanes of at least 4 members (excludes halogenated alkanes) is 2. The van der Waals surface area contributed by atoms with Gasteiger partial charge in [0.1, 0.15) is 10.4 Å². The average Bonchev–Trinajstić information content (AvgIpc) is 3.13. The third-order valence-corrected chi connectivity index (χ3v) is 8.29. The maximum absolute atomic E-state index is 5.84. The van der Waals surface area contributed by atoms with Crippen LogP contribution in [0.25, 0.3) is 11.1 Å². The molecule has 4 rings (SSSR count). The van der Waals surface area contributed by atoms with Gasteiger partial charge in [-0.05, 0) is 81.6 Å². The first kappa shape index (κ1) is 21.1. The van der Waals surface area contributed by atoms with Gasteiger partial charge in [0.15, 0.2) is 0 Å². The number of anilines is 1. The second-order valence-corrected chi connectivity index (χ2v) is 10.7. The lowest BCUT2D eigenvalue weighted by Crippen LogP contribution is -2.31. The molecule has 3 aromatic rings. The molecule has 5 heteroatoms. The van der Waals surface area contributed by atoms with Gasteiger partial charge in [-0.15, -0.1) is 0 Å². The Morgan fingerprint density at radius 3 is 2.47 bits per heavy atom. The predicted molar refractivity (Wildman–Crippen MR) is 130 cm³/mol. The zero-order chi connectivity index (χ0) is 21.3. The lowest BCUT2D eigenvalue weighted by molar-refractivity contribution is 0.306. The van der Waals surface area contributed by atoms with E-state index in [-0.39, 0.29) is 5.54 Å². The van der Waals surface area contributed by atoms with Gasteiger partial charge in [-0.2, -0.15) is 0 Å². The molecular weight excluding hydrogens is 408 g/mol. The first-order valence-corrected chi connectivity index (χ1v) is 12.8. The minimum atomic E-state index is -0.102. The van der Waals surface area contributed by atoms with Crippen LogP contribution < -0.4 is 14.7 Å². The van der Waals surface area contributed by atoms with Crippen molar-refractivity contribution in [1.29, 1.82) is 0 Å². The second-order valence-electron chi connectivity index (χ2n) is 8.57. The van der Waals surface area contributed by atoms with Gasteiger partial charge >= 0.3 is 0 Å². The van der Waals surface area contributed by atoms with Gasteiger partial charge < -0.3 is 10.1 Å². The minimum absolute atomic E-state index is 0.102. The summed E-state index contributed by atoms with van der Waals surface area (Å²) in [4.78, 5) is 6.39. The molecule has 0 atom stereocenters. The van der Waals surface area contributed by atoms with Gasteiger partial charge in [-0.1, -0.05) is 40.4 Å². The summed E-state index contributed by atoms with van der Waals surface area (Å²) < 4.78 is 6.93. The molecule has 0 fully saturated rings. The maximum Gasteiger partial charge on any atom is 0.135 e. The van der Waals surface area contributed by atoms with E-state index in [4.69, 9.17) is 9.73 Å². The van der Waals surface area contributed by atoms with E-state index < -0.39 is 0 Å². The molecule has 3 nitrogen and oxygen atoms in total. The second kappa shape index (κ2) is 8.56. The Kier molecular flexibility index (Phi) is 6.03. The molecule has 1 aliphatic rings. The lowest BCUT2D eigenvalue weighted by atomic mass is 9.88. The van der Waals surface area contributed by atoms with Gasteiger partial charge in [-0.25, -0.2) is 4.99 Å². The first-order chi connectivity index (χ1) is 14.4. The number of nitrogens with zero attached hydrogens (tertiary/aromatic N) is 1. The third-order valence-electron chi connectivity index (χ3n) is 5.65. The number of rotatable bonds is 6. The van der Waals surface area contributed by atoms with Crippen molar-refractivity contribution >= 4 is 32.1 Å². The molecule has 2 aromatic carbocycles. The van der Waals surface area contributed by atoms with Crippen molar-refractivity contribution in [2.24, 2.45) is 4.99 Å². The topological polar surface area (TPSA) is 33.6 Å². The molecule has 0 spiro atoms. The van der Waals surface area contributed by atoms with E-state index in [1.54, 1.807) is 10.3 Å². The number of fused-ring (bicyclic) bond motifs is 3. The number of benzene rings is 2. The summed E-state index contributed by atoms with van der Waals surface area (Å²) in [5.74, 6) is 0.919. The zero-order valence-corrected chi connectivity index (χ0v) is 20.1. The SMILES string of the molecule is CCCCCOc1ccc(N=c2ssc3c2-c2cc(C)c(C)cc2NC3(C)C)cc1. The van der Waals surface area contributed by atoms with Crippen LogP contribution in [0.4, 0.5) is 11.4 Å². The normalized spacial score (nSPS) is 14.8. The molecule has 1 aliphatic heterocycles. The van der Waals surface area contributed by atoms with E-state index >= 15 is 0 Å². The zero-order valence-electron chi connectivity index (χ0n) is 18.5. The van der Waals surface area contributed by atoms with Crippen molar-refractivity contribution in [2.75, 3.05) is 11.9 Å². The van der Waals surface area contributed by atoms with Crippen LogP contribution >= 0.6 is 20.7 Å². The number of hydrogen-bond acceptors (Lipinski definition) is 5. The smallest absolute Gasteiger partial charge is 0.135 e. The van der Waals surface area contributed by atoms with E-state index in [9.17, 15) is 0 Å². The van der Waals surface area contributed by atoms with E-state index in [0.717, 1.165) is 29.1 Å². The quantitative estimate of drug-likeness (QED) is 0.318. The number of ether oxygens (including phenoxy) is 1. The third kappa shape index (κ3) is 4.19. The van der Waals surface area contributed by atoms with Crippen molar-refractivity contribution in [3.63, 3.8) is 0 Å². The van der Waals surface area contributed by atoms with Crippen molar-refractivity contribution in [3.8, 4) is 16.9 Å². The fourth-order valence-corrected chi connectivity index (χ4v) is 6.72. The van der Waals surface area contributed by atoms with Crippen LogP contribution in [-0.2, 0) is 5.54 Å². The van der Waals surface area contributed by atoms with Crippen LogP contribution in [0, 0.1) is 13.8 Å². The minimum Gasteiger partial charge on any atom is -0.494 e. The fraction of sp³-hybridized carbons (Fsp3) is 0.400. The van der Waals surface area contributed by atoms with Crippen LogP contribution in [-0.4, -0.2) is 6.61 Å². The highest BCUT2D eigenvalue weighted by atomic mass is 32.9. The highest BCUT2D eigenvalue weighted by Gasteiger charge is 2.33. The monoisotopic (exact) mass is 438 g/mol. The summed E-state index contributed by atoms with van der Waals surface area (Å²) in [6.45, 7) is 11.8. The van der Waals surface area contributed by atoms with E-state index in [2.05, 4.69) is 64.2 Å². The van der Waals surface area contributed by atoms with E-state index in [1.165, 1.54) is 45.7 Å². The molecule has 0 radical (unpaired) electrons. The van der Waals surface area contributed by atoms with Crippen LogP contribution in [0.5, 0.6) is 5.75 Å². The molecule has 0 bridgehead atoms. The van der Waals surface area contributed by atoms with E-state index in [1.807, 2.05) is 22.5 Å². The summed E-state index contributed by atoms with van der Waals surface area (Å²) in [6, 6.07) is 12.7. The van der Waals surface area contributed by atoms with Crippen molar-refractivity contribution in [2.45, 2.75) is 59.4 Å². The molecule has 2 heterocycles. The summed E-state index contributed by atoms with van der Waals surface area (Å²) in [5, 5.41) is 3.73. The van der Waals surface area contributed by atoms with Crippen LogP contribution in [0.2, 0.25) is 0 Å². The number of nitrogens with one attached hydrogen (secondary N) is 1. The van der Waals surface area contributed by atoms with Gasteiger partial charge in [0.05, 0.1) is 22.7 Å². The predicted octanol–water partition coefficient (Wildman–Crippen LogP) is 7.56. The van der Waals surface area contributed by atoms with Crippen LogP contribution in [0.15, 0.2) is 41.4 Å². The Labute approximate surface area is 186 Å². The van der Waals surface area contributed by atoms with Crippen molar-refractivity contribution in [3.05, 3.63) is 57.1 Å². The maximum atomic E-state index is 5.84. The molecule has 0 aliphatic carbocycles. The standard InChI is InChI=1S/C25H30N2OS2/c1-6-7-8-13-28-19-11-9-18(10-12-19)26-24-22-20-14-16(2)17(3)15-21(20)27-25(4,5)23(22)29-30-24/h9-12,14-15,27H,6-8,13H2,1-5H3. The van der Waals surface area contributed by atoms with Gasteiger partial charge in [0.25, 0.3) is 0 Å². The molecule has 30 heavy (non-hydrogen) atoms. The molecule has 1 N–H and O–H groups in total. The highest BCUT2D eigenvalue weighted by Crippen LogP contribution is 2.46. The Hall–Kier alpha value is -2.11. The molecule has 1 aromatic heterocycles. The first-order valence-electron chi connectivity index (χ1n) is 10.7. The molecule has 0 unspecified atom stereocenters. The molecular formula is C25H30N2OS2. The van der Waals surface area contributed by atoms with Gasteiger partial charge in [0.2, 0.25) is 0 Å². The van der Waals surface area contributed by atoms with E-state index in [0.29, 0.717) is 0 Å². The van der Waals surface area contributed by atoms with Gasteiger partial charge in [0, 0.05) is 16.8 Å². The lowest BCUT2D eigenvalue weighted by Gasteiger charge is -2.33. The van der Waals surface area contributed by atoms with Gasteiger partial charge in [-0.3, -0.25) is 0 Å². The summed E-state index contributed by atoms with van der Waals surface area (Å²) in [6.07, 6.45) is 3.53. The fourth-order valence-electron chi connectivity index (χ4n) is 3.79. The molecule has 158 valence electrons. The molecule has 0 saturated carbocycles. The number of aryl methyl sites for hydroxylation is 2. The largest absolute Gasteiger partial charge is 0.494 e.